The largest absolute Gasteiger partial charge is 0.457 e. The van der Waals surface area contributed by atoms with Gasteiger partial charge in [0.15, 0.2) is 0 Å². The Morgan fingerprint density at radius 2 is 1.83 bits per heavy atom. The lowest BCUT2D eigenvalue weighted by Crippen LogP contribution is -2.58. The van der Waals surface area contributed by atoms with E-state index in [2.05, 4.69) is 21.5 Å². The van der Waals surface area contributed by atoms with Crippen LogP contribution in [0.5, 0.6) is 6.01 Å². The molecular weight excluding hydrogens is 631 g/mol. The molecule has 46 heavy (non-hydrogen) atoms. The van der Waals surface area contributed by atoms with Gasteiger partial charge in [-0.25, -0.2) is 23.5 Å². The summed E-state index contributed by atoms with van der Waals surface area (Å²) in [4.78, 5) is 43.2. The van der Waals surface area contributed by atoms with Crippen LogP contribution in [0.4, 0.5) is 27.8 Å². The van der Waals surface area contributed by atoms with Crippen molar-refractivity contribution in [3.05, 3.63) is 70.3 Å². The summed E-state index contributed by atoms with van der Waals surface area (Å²) in [6, 6.07) is 2.96. The molecule has 15 heteroatoms. The first-order chi connectivity index (χ1) is 21.8. The molecule has 3 aromatic rings. The van der Waals surface area contributed by atoms with Gasteiger partial charge in [0.05, 0.1) is 17.6 Å². The monoisotopic (exact) mass is 664 g/mol. The fourth-order valence-corrected chi connectivity index (χ4v) is 9.45. The number of amides is 1. The highest BCUT2D eigenvalue weighted by atomic mass is 32.2. The van der Waals surface area contributed by atoms with Crippen LogP contribution in [0, 0.1) is 0 Å². The van der Waals surface area contributed by atoms with Crippen molar-refractivity contribution in [2.45, 2.75) is 74.8 Å². The van der Waals surface area contributed by atoms with Gasteiger partial charge in [-0.15, -0.1) is 0 Å². The van der Waals surface area contributed by atoms with E-state index >= 15 is 0 Å². The highest BCUT2D eigenvalue weighted by molar-refractivity contribution is 8.20. The van der Waals surface area contributed by atoms with Crippen LogP contribution in [0.15, 0.2) is 63.9 Å². The van der Waals surface area contributed by atoms with Crippen LogP contribution >= 0.6 is 10.9 Å². The Labute approximate surface area is 264 Å². The van der Waals surface area contributed by atoms with Crippen molar-refractivity contribution in [2.24, 2.45) is 0 Å². The molecule has 0 saturated carbocycles. The molecule has 4 heterocycles. The molecule has 3 aliphatic rings. The van der Waals surface area contributed by atoms with Gasteiger partial charge in [0.25, 0.3) is 5.92 Å². The van der Waals surface area contributed by atoms with Gasteiger partial charge in [0.2, 0.25) is 5.91 Å². The van der Waals surface area contributed by atoms with Crippen molar-refractivity contribution in [3.63, 3.8) is 0 Å². The number of nitrogens with zero attached hydrogens (tertiary/aromatic N) is 6. The average Bonchev–Trinajstić information content (AvgIpc) is 3.16. The van der Waals surface area contributed by atoms with Gasteiger partial charge >= 0.3 is 17.9 Å². The molecule has 4 atom stereocenters. The number of rotatable bonds is 5. The number of piperazine rings is 1. The van der Waals surface area contributed by atoms with Gasteiger partial charge in [-0.1, -0.05) is 12.7 Å². The normalized spacial score (nSPS) is 25.5. The van der Waals surface area contributed by atoms with E-state index in [1.807, 2.05) is 13.8 Å². The number of hydrogen-bond donors (Lipinski definition) is 1. The van der Waals surface area contributed by atoms with E-state index < -0.39 is 53.2 Å². The van der Waals surface area contributed by atoms with Crippen LogP contribution in [0.2, 0.25) is 0 Å². The Bertz CT molecular complexity index is 1750. The van der Waals surface area contributed by atoms with E-state index in [0.717, 1.165) is 12.1 Å². The highest BCUT2D eigenvalue weighted by Gasteiger charge is 2.40. The van der Waals surface area contributed by atoms with Crippen LogP contribution in [0.3, 0.4) is 0 Å². The number of carbonyl (C=O) groups is 1. The number of benzene rings is 1. The Morgan fingerprint density at radius 1 is 1.13 bits per heavy atom. The van der Waals surface area contributed by atoms with Gasteiger partial charge in [-0.2, -0.15) is 29.1 Å². The van der Waals surface area contributed by atoms with Gasteiger partial charge < -0.3 is 14.5 Å². The van der Waals surface area contributed by atoms with Crippen molar-refractivity contribution in [2.75, 3.05) is 23.7 Å². The van der Waals surface area contributed by atoms with Crippen molar-refractivity contribution < 1.29 is 31.5 Å². The number of hydrogen-bond acceptors (Lipinski definition) is 7. The zero-order valence-electron chi connectivity index (χ0n) is 25.2. The number of carbonyl (C=O) groups excluding carboxylic acids is 1. The van der Waals surface area contributed by atoms with Crippen LogP contribution in [-0.4, -0.2) is 73.3 Å². The summed E-state index contributed by atoms with van der Waals surface area (Å²) in [5.74, 6) is -2.94. The summed E-state index contributed by atoms with van der Waals surface area (Å²) in [6.45, 7) is 7.56. The zero-order chi connectivity index (χ0) is 33.0. The fourth-order valence-electron chi connectivity index (χ4n) is 6.63. The van der Waals surface area contributed by atoms with E-state index in [4.69, 9.17) is 4.74 Å². The molecule has 1 unspecified atom stereocenters. The van der Waals surface area contributed by atoms with E-state index in [1.165, 1.54) is 29.1 Å². The molecule has 9 nitrogen and oxygen atoms in total. The Hall–Kier alpha value is -4.01. The molecule has 1 amide bonds. The second kappa shape index (κ2) is 12.0. The number of aromatic nitrogens is 4. The summed E-state index contributed by atoms with van der Waals surface area (Å²) >= 11 is 0. The summed E-state index contributed by atoms with van der Waals surface area (Å²) < 4.78 is 79.5. The van der Waals surface area contributed by atoms with Crippen molar-refractivity contribution in [3.8, 4) is 6.01 Å². The molecule has 1 aromatic carbocycles. The standard InChI is InChI=1S/C31H33F5N6O3S/c1-4-25(43)42-18(2)14-40(15-19(42)3)27-23-12-20(31(34,35)36)13-24-26(23)41(29(44)39-27)16-21(45-28-37-10-5-11-38-28)17-46(24)22-6-8-30(32,33)9-7-22/h4-6,10-13,18-19,21,46H,1,7-9,14-17H2,2-3H3/t18-,19+,21-/m0/s1. The lowest BCUT2D eigenvalue weighted by molar-refractivity contribution is -0.137. The summed E-state index contributed by atoms with van der Waals surface area (Å²) in [5, 5.41) is 0.123. The molecule has 0 bridgehead atoms. The summed E-state index contributed by atoms with van der Waals surface area (Å²) in [5.41, 5.74) is -1.33. The van der Waals surface area contributed by atoms with Crippen molar-refractivity contribution in [1.29, 1.82) is 0 Å². The fraction of sp³-hybridized carbons (Fsp3) is 0.452. The lowest BCUT2D eigenvalue weighted by atomic mass is 10.0. The number of anilines is 1. The zero-order valence-corrected chi connectivity index (χ0v) is 26.1. The third-order valence-corrected chi connectivity index (χ3v) is 11.4. The molecular formula is C31H33F5N6O3S. The maximum absolute atomic E-state index is 14.5. The average molecular weight is 665 g/mol. The van der Waals surface area contributed by atoms with E-state index in [0.29, 0.717) is 4.91 Å². The molecule has 1 aliphatic carbocycles. The minimum absolute atomic E-state index is 0.00148. The maximum Gasteiger partial charge on any atom is 0.416 e. The number of allylic oxidation sites excluding steroid dienone is 2. The van der Waals surface area contributed by atoms with Crippen LogP contribution < -0.4 is 15.3 Å². The number of thiol groups is 1. The van der Waals surface area contributed by atoms with Gasteiger partial charge in [-0.3, -0.25) is 9.36 Å². The number of halogens is 5. The minimum atomic E-state index is -4.74. The molecule has 2 aromatic heterocycles. The van der Waals surface area contributed by atoms with Gasteiger partial charge in [0.1, 0.15) is 11.9 Å². The Balaban J connectivity index is 1.56. The number of ether oxygens (including phenoxy) is 1. The van der Waals surface area contributed by atoms with Crippen LogP contribution in [0.25, 0.3) is 10.9 Å². The van der Waals surface area contributed by atoms with Gasteiger partial charge in [-0.05, 0) is 49.4 Å². The first kappa shape index (κ1) is 32.0. The molecule has 0 N–H and O–H groups in total. The second-order valence-electron chi connectivity index (χ2n) is 11.9. The smallest absolute Gasteiger partial charge is 0.416 e. The van der Waals surface area contributed by atoms with Crippen molar-refractivity contribution in [1.82, 2.24) is 24.4 Å². The molecule has 2 aliphatic heterocycles. The predicted octanol–water partition coefficient (Wildman–Crippen LogP) is 5.34. The molecule has 1 saturated heterocycles. The molecule has 6 rings (SSSR count). The van der Waals surface area contributed by atoms with Crippen LogP contribution in [-0.2, 0) is 17.5 Å². The highest BCUT2D eigenvalue weighted by Crippen LogP contribution is 2.55. The third kappa shape index (κ3) is 6.08. The lowest BCUT2D eigenvalue weighted by Gasteiger charge is -2.44. The topological polar surface area (TPSA) is 93.5 Å². The first-order valence-electron chi connectivity index (χ1n) is 14.9. The van der Waals surface area contributed by atoms with E-state index in [1.54, 1.807) is 15.9 Å². The maximum atomic E-state index is 14.5. The Morgan fingerprint density at radius 3 is 2.43 bits per heavy atom. The van der Waals surface area contributed by atoms with E-state index in [9.17, 15) is 31.5 Å². The second-order valence-corrected chi connectivity index (χ2v) is 14.2. The molecule has 0 radical (unpaired) electrons. The SMILES string of the molecule is C=CC(=O)N1[C@H](C)CN(c2nc(=O)n3c4c(cc(C(F)(F)F)cc24)[SH](C2=CCC(F)(F)CC2)C[C@@H](Oc2ncccn2)C3)C[C@@H]1C. The quantitative estimate of drug-likeness (QED) is 0.224. The number of alkyl halides is 5. The molecule has 0 spiro atoms. The van der Waals surface area contributed by atoms with Crippen LogP contribution in [0.1, 0.15) is 38.7 Å². The minimum Gasteiger partial charge on any atom is -0.457 e. The molecule has 246 valence electrons. The van der Waals surface area contributed by atoms with E-state index in [-0.39, 0.29) is 77.4 Å². The third-order valence-electron chi connectivity index (χ3n) is 8.62. The predicted molar refractivity (Wildman–Crippen MR) is 165 cm³/mol. The Kier molecular flexibility index (Phi) is 8.32. The molecule has 1 fully saturated rings. The first-order valence-corrected chi connectivity index (χ1v) is 16.4. The summed E-state index contributed by atoms with van der Waals surface area (Å²) in [6.07, 6.45) is -0.848. The van der Waals surface area contributed by atoms with Crippen molar-refractivity contribution >= 4 is 33.5 Å². The van der Waals surface area contributed by atoms with Gasteiger partial charge in [0, 0.05) is 66.4 Å². The summed E-state index contributed by atoms with van der Waals surface area (Å²) in [7, 11) is -1.66.